The maximum atomic E-state index is 12.3. The van der Waals surface area contributed by atoms with E-state index in [1.54, 1.807) is 12.1 Å². The molecule has 2 aromatic rings. The molecule has 3 rings (SSSR count). The number of nitro benzene ring substituents is 1. The van der Waals surface area contributed by atoms with Crippen LogP contribution in [-0.2, 0) is 11.2 Å². The third kappa shape index (κ3) is 3.83. The fourth-order valence-electron chi connectivity index (χ4n) is 2.51. The first-order valence-corrected chi connectivity index (χ1v) is 8.92. The number of carbonyl (C=O) groups excluding carboxylic acids is 1. The third-order valence-corrected chi connectivity index (χ3v) is 5.13. The summed E-state index contributed by atoms with van der Waals surface area (Å²) < 4.78 is 0. The van der Waals surface area contributed by atoms with Gasteiger partial charge in [0.25, 0.3) is 11.6 Å². The number of hydrogen-bond acceptors (Lipinski definition) is 5. The molecule has 0 aromatic heterocycles. The Morgan fingerprint density at radius 2 is 1.81 bits per heavy atom. The Bertz CT molecular complexity index is 916. The average molecular weight is 367 g/mol. The SMILES string of the molecule is CCc1ccc(N=C2NC(=O)/C(=C(\C)c3ccc([N+](=O)[O-])cc3)S2)cc1. The van der Waals surface area contributed by atoms with Gasteiger partial charge in [-0.2, -0.15) is 0 Å². The minimum atomic E-state index is -0.447. The number of amides is 1. The summed E-state index contributed by atoms with van der Waals surface area (Å²) in [6.45, 7) is 3.91. The van der Waals surface area contributed by atoms with E-state index in [9.17, 15) is 14.9 Å². The van der Waals surface area contributed by atoms with E-state index in [-0.39, 0.29) is 11.6 Å². The van der Waals surface area contributed by atoms with Crippen molar-refractivity contribution in [3.05, 3.63) is 74.7 Å². The Labute approximate surface area is 155 Å². The molecule has 1 fully saturated rings. The van der Waals surface area contributed by atoms with Crippen molar-refractivity contribution < 1.29 is 9.72 Å². The van der Waals surface area contributed by atoms with Crippen molar-refractivity contribution in [2.24, 2.45) is 4.99 Å². The van der Waals surface area contributed by atoms with Crippen molar-refractivity contribution >= 4 is 39.8 Å². The predicted molar refractivity (Wildman–Crippen MR) is 104 cm³/mol. The summed E-state index contributed by atoms with van der Waals surface area (Å²) >= 11 is 1.27. The highest BCUT2D eigenvalue weighted by Crippen LogP contribution is 2.33. The Morgan fingerprint density at radius 3 is 2.38 bits per heavy atom. The second kappa shape index (κ2) is 7.53. The second-order valence-corrected chi connectivity index (χ2v) is 6.75. The lowest BCUT2D eigenvalue weighted by atomic mass is 10.1. The zero-order valence-electron chi connectivity index (χ0n) is 14.4. The van der Waals surface area contributed by atoms with Crippen LogP contribution in [0.5, 0.6) is 0 Å². The van der Waals surface area contributed by atoms with Gasteiger partial charge in [-0.15, -0.1) is 0 Å². The lowest BCUT2D eigenvalue weighted by molar-refractivity contribution is -0.384. The van der Waals surface area contributed by atoms with Crippen LogP contribution in [0.1, 0.15) is 25.0 Å². The largest absolute Gasteiger partial charge is 0.300 e. The highest BCUT2D eigenvalue weighted by atomic mass is 32.2. The molecule has 1 aliphatic rings. The Morgan fingerprint density at radius 1 is 1.15 bits per heavy atom. The first kappa shape index (κ1) is 17.9. The van der Waals surface area contributed by atoms with Crippen LogP contribution in [0.25, 0.3) is 5.57 Å². The molecule has 132 valence electrons. The van der Waals surface area contributed by atoms with Crippen molar-refractivity contribution in [2.75, 3.05) is 0 Å². The number of aryl methyl sites for hydroxylation is 1. The molecule has 0 unspecified atom stereocenters. The van der Waals surface area contributed by atoms with Gasteiger partial charge >= 0.3 is 0 Å². The summed E-state index contributed by atoms with van der Waals surface area (Å²) in [4.78, 5) is 27.6. The van der Waals surface area contributed by atoms with Gasteiger partial charge in [0.15, 0.2) is 5.17 Å². The van der Waals surface area contributed by atoms with Gasteiger partial charge in [0.2, 0.25) is 0 Å². The van der Waals surface area contributed by atoms with E-state index in [2.05, 4.69) is 17.2 Å². The van der Waals surface area contributed by atoms with Crippen LogP contribution < -0.4 is 5.32 Å². The third-order valence-electron chi connectivity index (χ3n) is 4.05. The van der Waals surface area contributed by atoms with Gasteiger partial charge in [-0.3, -0.25) is 14.9 Å². The van der Waals surface area contributed by atoms with Gasteiger partial charge in [-0.1, -0.05) is 19.1 Å². The number of carbonyl (C=O) groups is 1. The Kier molecular flexibility index (Phi) is 5.18. The standard InChI is InChI=1S/C19H17N3O3S/c1-3-13-4-8-15(9-5-13)20-19-21-18(23)17(26-19)12(2)14-6-10-16(11-7-14)22(24)25/h4-11H,3H2,1-2H3,(H,20,21,23)/b17-12-. The minimum Gasteiger partial charge on any atom is -0.300 e. The van der Waals surface area contributed by atoms with Gasteiger partial charge in [-0.05, 0) is 66.1 Å². The number of nitro groups is 1. The summed E-state index contributed by atoms with van der Waals surface area (Å²) in [5.41, 5.74) is 3.55. The molecule has 1 aliphatic heterocycles. The van der Waals surface area contributed by atoms with Crippen LogP contribution in [0.2, 0.25) is 0 Å². The highest BCUT2D eigenvalue weighted by Gasteiger charge is 2.26. The molecule has 0 bridgehead atoms. The lowest BCUT2D eigenvalue weighted by Gasteiger charge is -2.03. The number of benzene rings is 2. The lowest BCUT2D eigenvalue weighted by Crippen LogP contribution is -2.19. The Balaban J connectivity index is 1.84. The smallest absolute Gasteiger partial charge is 0.269 e. The number of nitrogens with one attached hydrogen (secondary N) is 1. The molecule has 0 atom stereocenters. The summed E-state index contributed by atoms with van der Waals surface area (Å²) in [6, 6.07) is 14.0. The highest BCUT2D eigenvalue weighted by molar-refractivity contribution is 8.18. The van der Waals surface area contributed by atoms with Gasteiger partial charge in [0.1, 0.15) is 0 Å². The quantitative estimate of drug-likeness (QED) is 0.492. The fourth-order valence-corrected chi connectivity index (χ4v) is 3.41. The van der Waals surface area contributed by atoms with Crippen molar-refractivity contribution in [2.45, 2.75) is 20.3 Å². The number of rotatable bonds is 4. The van der Waals surface area contributed by atoms with Crippen LogP contribution in [0.15, 0.2) is 58.4 Å². The van der Waals surface area contributed by atoms with Crippen LogP contribution in [-0.4, -0.2) is 16.0 Å². The van der Waals surface area contributed by atoms with Crippen LogP contribution in [0.4, 0.5) is 11.4 Å². The van der Waals surface area contributed by atoms with E-state index in [1.807, 2.05) is 31.2 Å². The molecule has 7 heteroatoms. The molecule has 0 radical (unpaired) electrons. The van der Waals surface area contributed by atoms with Crippen molar-refractivity contribution in [3.63, 3.8) is 0 Å². The van der Waals surface area contributed by atoms with Crippen LogP contribution in [0.3, 0.4) is 0 Å². The topological polar surface area (TPSA) is 84.6 Å². The first-order chi connectivity index (χ1) is 12.5. The summed E-state index contributed by atoms with van der Waals surface area (Å²) in [5, 5.41) is 14.0. The maximum Gasteiger partial charge on any atom is 0.269 e. The zero-order valence-corrected chi connectivity index (χ0v) is 15.2. The molecule has 1 amide bonds. The molecule has 1 N–H and O–H groups in total. The molecule has 1 saturated heterocycles. The van der Waals surface area contributed by atoms with E-state index in [0.29, 0.717) is 10.1 Å². The molecule has 1 heterocycles. The normalized spacial score (nSPS) is 17.3. The van der Waals surface area contributed by atoms with E-state index in [0.717, 1.165) is 23.2 Å². The van der Waals surface area contributed by atoms with E-state index >= 15 is 0 Å². The molecule has 0 saturated carbocycles. The molecular weight excluding hydrogens is 350 g/mol. The number of non-ortho nitro benzene ring substituents is 1. The number of aliphatic imine (C=N–C) groups is 1. The molecule has 0 aliphatic carbocycles. The van der Waals surface area contributed by atoms with Gasteiger partial charge in [0.05, 0.1) is 15.5 Å². The minimum absolute atomic E-state index is 0.0212. The molecule has 2 aromatic carbocycles. The van der Waals surface area contributed by atoms with E-state index in [4.69, 9.17) is 0 Å². The molecule has 26 heavy (non-hydrogen) atoms. The number of nitrogens with zero attached hydrogens (tertiary/aromatic N) is 2. The monoisotopic (exact) mass is 367 g/mol. The van der Waals surface area contributed by atoms with Gasteiger partial charge in [-0.25, -0.2) is 4.99 Å². The first-order valence-electron chi connectivity index (χ1n) is 8.10. The molecule has 0 spiro atoms. The van der Waals surface area contributed by atoms with Crippen molar-refractivity contribution in [3.8, 4) is 0 Å². The average Bonchev–Trinajstić information content (AvgIpc) is 3.02. The van der Waals surface area contributed by atoms with E-state index < -0.39 is 4.92 Å². The van der Waals surface area contributed by atoms with Crippen molar-refractivity contribution in [1.82, 2.24) is 5.32 Å². The Hall–Kier alpha value is -2.93. The second-order valence-electron chi connectivity index (χ2n) is 5.75. The summed E-state index contributed by atoms with van der Waals surface area (Å²) in [7, 11) is 0. The number of amidine groups is 1. The number of hydrogen-bond donors (Lipinski definition) is 1. The van der Waals surface area contributed by atoms with Crippen LogP contribution >= 0.6 is 11.8 Å². The van der Waals surface area contributed by atoms with Gasteiger partial charge < -0.3 is 5.32 Å². The fraction of sp³-hybridized carbons (Fsp3) is 0.158. The van der Waals surface area contributed by atoms with Crippen LogP contribution in [0, 0.1) is 10.1 Å². The number of thioether (sulfide) groups is 1. The predicted octanol–water partition coefficient (Wildman–Crippen LogP) is 4.44. The summed E-state index contributed by atoms with van der Waals surface area (Å²) in [5.74, 6) is -0.213. The molecular formula is C19H17N3O3S. The zero-order chi connectivity index (χ0) is 18.7. The number of allylic oxidation sites excluding steroid dienone is 1. The van der Waals surface area contributed by atoms with Gasteiger partial charge in [0, 0.05) is 12.1 Å². The molecule has 6 nitrogen and oxygen atoms in total. The van der Waals surface area contributed by atoms with Crippen molar-refractivity contribution in [1.29, 1.82) is 0 Å². The van der Waals surface area contributed by atoms with E-state index in [1.165, 1.54) is 29.5 Å². The maximum absolute atomic E-state index is 12.3. The summed E-state index contributed by atoms with van der Waals surface area (Å²) in [6.07, 6.45) is 0.962.